The Bertz CT molecular complexity index is 2820. The molecule has 0 spiro atoms. The SMILES string of the molecule is CC(C)Cc1cc(-c2[c-]cccc2)ncc1[Si](C)(C)C.[2H]C([2H])([2H])c1ccc2c(-c3nc4ccccc4n3-c3ccc4c(c3)oc3ccccc34)[c-]oc2c1.[Ir]. The van der Waals surface area contributed by atoms with Crippen molar-refractivity contribution in [2.24, 2.45) is 5.92 Å². The molecule has 5 aromatic carbocycles. The molecule has 0 unspecified atom stereocenters. The van der Waals surface area contributed by atoms with Crippen LogP contribution in [0.1, 0.15) is 29.1 Å². The molecule has 9 aromatic rings. The molecule has 53 heavy (non-hydrogen) atoms. The van der Waals surface area contributed by atoms with E-state index in [9.17, 15) is 0 Å². The van der Waals surface area contributed by atoms with Gasteiger partial charge >= 0.3 is 0 Å². The predicted octanol–water partition coefficient (Wildman–Crippen LogP) is 11.7. The molecule has 5 nitrogen and oxygen atoms in total. The topological polar surface area (TPSA) is 57.0 Å². The number of benzene rings is 5. The van der Waals surface area contributed by atoms with Crippen molar-refractivity contribution in [3.63, 3.8) is 0 Å². The van der Waals surface area contributed by atoms with Crippen LogP contribution in [0.2, 0.25) is 19.6 Å². The van der Waals surface area contributed by atoms with Gasteiger partial charge in [0.25, 0.3) is 0 Å². The van der Waals surface area contributed by atoms with Gasteiger partial charge in [-0.2, -0.15) is 0 Å². The molecule has 0 saturated carbocycles. The molecule has 0 atom stereocenters. The van der Waals surface area contributed by atoms with Crippen LogP contribution in [0.25, 0.3) is 72.3 Å². The van der Waals surface area contributed by atoms with Gasteiger partial charge in [0, 0.05) is 64.8 Å². The fraction of sp³-hybridized carbons (Fsp3) is 0.174. The largest absolute Gasteiger partial charge is 0.557 e. The van der Waals surface area contributed by atoms with E-state index in [-0.39, 0.29) is 25.7 Å². The van der Waals surface area contributed by atoms with Gasteiger partial charge in [-0.1, -0.05) is 104 Å². The van der Waals surface area contributed by atoms with Crippen molar-refractivity contribution in [1.29, 1.82) is 0 Å². The molecule has 9 rings (SSSR count). The summed E-state index contributed by atoms with van der Waals surface area (Å²) in [5.41, 5.74) is 9.23. The number of nitrogens with zero attached hydrogens (tertiary/aromatic N) is 3. The Morgan fingerprint density at radius 1 is 0.811 bits per heavy atom. The summed E-state index contributed by atoms with van der Waals surface area (Å²) in [5, 5.41) is 4.36. The zero-order valence-electron chi connectivity index (χ0n) is 33.3. The van der Waals surface area contributed by atoms with Crippen LogP contribution in [0.3, 0.4) is 0 Å². The molecule has 0 bridgehead atoms. The molecule has 0 aliphatic heterocycles. The van der Waals surface area contributed by atoms with Crippen LogP contribution in [0.5, 0.6) is 0 Å². The van der Waals surface area contributed by atoms with Gasteiger partial charge in [-0.05, 0) is 60.4 Å². The number of rotatable bonds is 6. The van der Waals surface area contributed by atoms with Crippen LogP contribution in [0.4, 0.5) is 0 Å². The second-order valence-electron chi connectivity index (χ2n) is 14.7. The standard InChI is InChI=1S/C28H17N2O2.C18H24NSi.Ir/c1-17-10-12-21-22(16-31-26(21)14-17)28-29-23-7-3-4-8-24(23)30(28)18-11-13-20-19-6-2-5-9-25(19)32-27(20)15-18;1-14(2)11-16-12-17(15-9-7-6-8-10-15)19-13-18(16)20(3,4)5;/h2-15H,1H3;6-9,12-14H,11H2,1-5H3;/q2*-1;/i1D3;;. The van der Waals surface area contributed by atoms with Gasteiger partial charge in [-0.25, -0.2) is 0 Å². The second kappa shape index (κ2) is 14.7. The van der Waals surface area contributed by atoms with Gasteiger partial charge in [-0.15, -0.1) is 42.0 Å². The van der Waals surface area contributed by atoms with Crippen molar-refractivity contribution in [3.8, 4) is 28.3 Å². The van der Waals surface area contributed by atoms with E-state index in [0.29, 0.717) is 22.9 Å². The maximum atomic E-state index is 7.70. The summed E-state index contributed by atoms with van der Waals surface area (Å²) < 4.78 is 37.0. The molecule has 0 N–H and O–H groups in total. The second-order valence-corrected chi connectivity index (χ2v) is 19.7. The molecule has 267 valence electrons. The van der Waals surface area contributed by atoms with Crippen LogP contribution >= 0.6 is 0 Å². The third-order valence-electron chi connectivity index (χ3n) is 9.33. The minimum Gasteiger partial charge on any atom is -0.557 e. The fourth-order valence-corrected chi connectivity index (χ4v) is 8.52. The van der Waals surface area contributed by atoms with Gasteiger partial charge < -0.3 is 18.4 Å². The van der Waals surface area contributed by atoms with E-state index < -0.39 is 14.9 Å². The van der Waals surface area contributed by atoms with Gasteiger partial charge in [-0.3, -0.25) is 4.98 Å². The number of pyridine rings is 1. The summed E-state index contributed by atoms with van der Waals surface area (Å²) in [7, 11) is -1.34. The minimum atomic E-state index is -2.21. The van der Waals surface area contributed by atoms with E-state index in [1.165, 1.54) is 10.8 Å². The van der Waals surface area contributed by atoms with E-state index in [4.69, 9.17) is 17.9 Å². The number of aromatic nitrogens is 3. The first kappa shape index (κ1) is 32.6. The van der Waals surface area contributed by atoms with E-state index in [2.05, 4.69) is 91.9 Å². The van der Waals surface area contributed by atoms with Gasteiger partial charge in [0.05, 0.1) is 24.9 Å². The molecule has 0 fully saturated rings. The minimum absolute atomic E-state index is 0. The molecule has 7 heteroatoms. The predicted molar refractivity (Wildman–Crippen MR) is 217 cm³/mol. The summed E-state index contributed by atoms with van der Waals surface area (Å²) in [6.45, 7) is 9.52. The maximum Gasteiger partial charge on any atom is 0.137 e. The first-order chi connectivity index (χ1) is 26.3. The smallest absolute Gasteiger partial charge is 0.137 e. The zero-order chi connectivity index (χ0) is 38.5. The average Bonchev–Trinajstić information content (AvgIpc) is 3.87. The number of hydrogen-bond acceptors (Lipinski definition) is 4. The monoisotopic (exact) mass is 891 g/mol. The van der Waals surface area contributed by atoms with E-state index >= 15 is 0 Å². The van der Waals surface area contributed by atoms with Gasteiger partial charge in [0.1, 0.15) is 11.2 Å². The third-order valence-corrected chi connectivity index (χ3v) is 11.4. The van der Waals surface area contributed by atoms with Gasteiger partial charge in [0.15, 0.2) is 0 Å². The molecule has 0 amide bonds. The molecule has 4 aromatic heterocycles. The van der Waals surface area contributed by atoms with Crippen LogP contribution in [0, 0.1) is 25.1 Å². The van der Waals surface area contributed by atoms with Crippen molar-refractivity contribution in [1.82, 2.24) is 14.5 Å². The summed E-state index contributed by atoms with van der Waals surface area (Å²) >= 11 is 0. The van der Waals surface area contributed by atoms with Crippen molar-refractivity contribution in [2.45, 2.75) is 46.8 Å². The molecule has 0 aliphatic carbocycles. The Morgan fingerprint density at radius 2 is 1.58 bits per heavy atom. The average molecular weight is 891 g/mol. The van der Waals surface area contributed by atoms with Crippen molar-refractivity contribution >= 4 is 57.2 Å². The van der Waals surface area contributed by atoms with Crippen LogP contribution in [0.15, 0.2) is 130 Å². The first-order valence-corrected chi connectivity index (χ1v) is 21.2. The van der Waals surface area contributed by atoms with Crippen LogP contribution in [-0.4, -0.2) is 22.6 Å². The van der Waals surface area contributed by atoms with Crippen molar-refractivity contribution in [3.05, 3.63) is 145 Å². The number of furan rings is 2. The van der Waals surface area contributed by atoms with Gasteiger partial charge in [0.2, 0.25) is 0 Å². The Kier molecular flexibility index (Phi) is 9.06. The van der Waals surface area contributed by atoms with Crippen molar-refractivity contribution in [2.75, 3.05) is 0 Å². The first-order valence-electron chi connectivity index (χ1n) is 19.2. The molecular weight excluding hydrogens is 847 g/mol. The fourth-order valence-electron chi connectivity index (χ4n) is 6.93. The number of para-hydroxylation sites is 3. The van der Waals surface area contributed by atoms with Crippen LogP contribution in [-0.2, 0) is 26.5 Å². The third kappa shape index (κ3) is 7.17. The molecular formula is C46H41IrN3O2Si-2. The van der Waals surface area contributed by atoms with E-state index in [1.54, 1.807) is 18.2 Å². The molecule has 0 aliphatic rings. The Morgan fingerprint density at radius 3 is 2.38 bits per heavy atom. The Labute approximate surface area is 329 Å². The zero-order valence-corrected chi connectivity index (χ0v) is 33.7. The number of hydrogen-bond donors (Lipinski definition) is 0. The number of fused-ring (bicyclic) bond motifs is 5. The molecule has 4 heterocycles. The Hall–Kier alpha value is -5.07. The molecule has 0 saturated heterocycles. The summed E-state index contributed by atoms with van der Waals surface area (Å²) in [4.78, 5) is 9.59. The Balaban J connectivity index is 0.000000197. The maximum absolute atomic E-state index is 7.70. The van der Waals surface area contributed by atoms with E-state index in [0.717, 1.165) is 61.7 Å². The van der Waals surface area contributed by atoms with E-state index in [1.807, 2.05) is 66.7 Å². The normalized spacial score (nSPS) is 12.8. The summed E-state index contributed by atoms with van der Waals surface area (Å²) in [6, 6.07) is 40.6. The molecule has 1 radical (unpaired) electrons. The van der Waals surface area contributed by atoms with Crippen molar-refractivity contribution < 1.29 is 33.1 Å². The summed E-state index contributed by atoms with van der Waals surface area (Å²) in [6.07, 6.45) is 6.21. The summed E-state index contributed by atoms with van der Waals surface area (Å²) in [5.74, 6) is 1.32. The quantitative estimate of drug-likeness (QED) is 0.123. The number of aryl methyl sites for hydroxylation is 1. The number of imidazole rings is 1. The van der Waals surface area contributed by atoms with Crippen LogP contribution < -0.4 is 5.19 Å².